The van der Waals surface area contributed by atoms with Gasteiger partial charge >= 0.3 is 5.97 Å². The molecule has 6 heteroatoms. The van der Waals surface area contributed by atoms with Gasteiger partial charge in [0.05, 0.1) is 0 Å². The van der Waals surface area contributed by atoms with E-state index in [1.54, 1.807) is 31.2 Å². The zero-order valence-electron chi connectivity index (χ0n) is 13.9. The second-order valence-electron chi connectivity index (χ2n) is 5.49. The second-order valence-corrected chi connectivity index (χ2v) is 7.18. The van der Waals surface area contributed by atoms with Crippen LogP contribution in [0.3, 0.4) is 0 Å². The monoisotopic (exact) mass is 365 g/mol. The molecule has 128 valence electrons. The first-order chi connectivity index (χ1) is 11.4. The standard InChI is InChI=1S/C18H20ClNO3S/c1-4-5-13-10-16(24-12(13)3)18(22)23-11(2)17(21)20-15-8-6-14(19)7-9-15/h6-11H,4-5H2,1-3H3,(H,20,21)/t11-/m1/s1. The van der Waals surface area contributed by atoms with Crippen molar-refractivity contribution in [1.29, 1.82) is 0 Å². The molecule has 1 aromatic heterocycles. The fourth-order valence-corrected chi connectivity index (χ4v) is 3.27. The van der Waals surface area contributed by atoms with Crippen LogP contribution in [0.4, 0.5) is 5.69 Å². The maximum absolute atomic E-state index is 12.2. The normalized spacial score (nSPS) is 11.8. The number of esters is 1. The van der Waals surface area contributed by atoms with Crippen LogP contribution in [0, 0.1) is 6.92 Å². The molecule has 4 nitrogen and oxygen atoms in total. The molecule has 0 saturated heterocycles. The molecular weight excluding hydrogens is 346 g/mol. The van der Waals surface area contributed by atoms with Crippen molar-refractivity contribution >= 4 is 40.5 Å². The number of hydrogen-bond acceptors (Lipinski definition) is 4. The lowest BCUT2D eigenvalue weighted by Gasteiger charge is -2.13. The van der Waals surface area contributed by atoms with Gasteiger partial charge in [0.1, 0.15) is 4.88 Å². The van der Waals surface area contributed by atoms with Crippen molar-refractivity contribution in [1.82, 2.24) is 0 Å². The molecular formula is C18H20ClNO3S. The summed E-state index contributed by atoms with van der Waals surface area (Å²) in [6.07, 6.45) is 1.07. The number of ether oxygens (including phenoxy) is 1. The Hall–Kier alpha value is -1.85. The molecule has 0 bridgehead atoms. The molecule has 1 aromatic carbocycles. The van der Waals surface area contributed by atoms with Gasteiger partial charge in [0.2, 0.25) is 0 Å². The highest BCUT2D eigenvalue weighted by molar-refractivity contribution is 7.14. The summed E-state index contributed by atoms with van der Waals surface area (Å²) >= 11 is 7.20. The van der Waals surface area contributed by atoms with E-state index in [0.29, 0.717) is 15.6 Å². The van der Waals surface area contributed by atoms with Gasteiger partial charge in [-0.25, -0.2) is 4.79 Å². The predicted octanol–water partition coefficient (Wildman–Crippen LogP) is 4.85. The van der Waals surface area contributed by atoms with E-state index in [9.17, 15) is 9.59 Å². The van der Waals surface area contributed by atoms with Crippen LogP contribution in [0.25, 0.3) is 0 Å². The lowest BCUT2D eigenvalue weighted by molar-refractivity contribution is -0.123. The van der Waals surface area contributed by atoms with E-state index >= 15 is 0 Å². The predicted molar refractivity (Wildman–Crippen MR) is 98.0 cm³/mol. The Kier molecular flexibility index (Phi) is 6.40. The van der Waals surface area contributed by atoms with E-state index < -0.39 is 12.1 Å². The Morgan fingerprint density at radius 3 is 2.58 bits per heavy atom. The third kappa shape index (κ3) is 4.82. The van der Waals surface area contributed by atoms with Crippen LogP contribution in [-0.4, -0.2) is 18.0 Å². The lowest BCUT2D eigenvalue weighted by atomic mass is 10.1. The summed E-state index contributed by atoms with van der Waals surface area (Å²) in [5.41, 5.74) is 1.76. The molecule has 0 aliphatic carbocycles. The number of carbonyl (C=O) groups is 2. The lowest BCUT2D eigenvalue weighted by Crippen LogP contribution is -2.29. The zero-order chi connectivity index (χ0) is 17.7. The van der Waals surface area contributed by atoms with E-state index in [1.807, 2.05) is 13.0 Å². The topological polar surface area (TPSA) is 55.4 Å². The summed E-state index contributed by atoms with van der Waals surface area (Å²) < 4.78 is 5.27. The number of halogens is 1. The van der Waals surface area contributed by atoms with Gasteiger partial charge in [0, 0.05) is 15.6 Å². The van der Waals surface area contributed by atoms with Crippen molar-refractivity contribution in [3.8, 4) is 0 Å². The molecule has 2 rings (SSSR count). The maximum Gasteiger partial charge on any atom is 0.349 e. The molecule has 0 aliphatic rings. The average molecular weight is 366 g/mol. The third-order valence-corrected chi connectivity index (χ3v) is 4.83. The van der Waals surface area contributed by atoms with E-state index in [-0.39, 0.29) is 5.91 Å². The van der Waals surface area contributed by atoms with Gasteiger partial charge in [-0.3, -0.25) is 4.79 Å². The van der Waals surface area contributed by atoms with Gasteiger partial charge in [0.15, 0.2) is 6.10 Å². The summed E-state index contributed by atoms with van der Waals surface area (Å²) in [5, 5.41) is 3.28. The summed E-state index contributed by atoms with van der Waals surface area (Å²) in [6, 6.07) is 8.59. The van der Waals surface area contributed by atoms with E-state index in [0.717, 1.165) is 23.3 Å². The smallest absolute Gasteiger partial charge is 0.349 e. The van der Waals surface area contributed by atoms with Crippen LogP contribution < -0.4 is 5.32 Å². The number of anilines is 1. The number of benzene rings is 1. The minimum atomic E-state index is -0.884. The molecule has 0 spiro atoms. The quantitative estimate of drug-likeness (QED) is 0.744. The molecule has 0 fully saturated rings. The summed E-state index contributed by atoms with van der Waals surface area (Å²) in [5.74, 6) is -0.850. The first-order valence-corrected chi connectivity index (χ1v) is 8.97. The number of hydrogen-bond donors (Lipinski definition) is 1. The fourth-order valence-electron chi connectivity index (χ4n) is 2.19. The van der Waals surface area contributed by atoms with Crippen molar-refractivity contribution in [2.24, 2.45) is 0 Å². The Morgan fingerprint density at radius 2 is 1.96 bits per heavy atom. The van der Waals surface area contributed by atoms with Gasteiger partial charge in [-0.15, -0.1) is 11.3 Å². The van der Waals surface area contributed by atoms with E-state index in [4.69, 9.17) is 16.3 Å². The first-order valence-electron chi connectivity index (χ1n) is 7.77. The van der Waals surface area contributed by atoms with E-state index in [2.05, 4.69) is 12.2 Å². The molecule has 1 atom stereocenters. The van der Waals surface area contributed by atoms with Crippen molar-refractivity contribution in [3.05, 3.63) is 50.7 Å². The Balaban J connectivity index is 1.96. The number of thiophene rings is 1. The number of carbonyl (C=O) groups excluding carboxylic acids is 2. The minimum absolute atomic E-state index is 0.382. The van der Waals surface area contributed by atoms with Gasteiger partial charge < -0.3 is 10.1 Å². The second kappa shape index (κ2) is 8.31. The van der Waals surface area contributed by atoms with Crippen molar-refractivity contribution in [3.63, 3.8) is 0 Å². The van der Waals surface area contributed by atoms with Crippen molar-refractivity contribution < 1.29 is 14.3 Å². The van der Waals surface area contributed by atoms with Crippen LogP contribution in [0.2, 0.25) is 5.02 Å². The third-order valence-electron chi connectivity index (χ3n) is 3.51. The van der Waals surface area contributed by atoms with Gasteiger partial charge in [-0.05, 0) is 56.2 Å². The first kappa shape index (κ1) is 18.5. The number of nitrogens with one attached hydrogen (secondary N) is 1. The molecule has 24 heavy (non-hydrogen) atoms. The fraction of sp³-hybridized carbons (Fsp3) is 0.333. The maximum atomic E-state index is 12.2. The van der Waals surface area contributed by atoms with Crippen LogP contribution in [0.5, 0.6) is 0 Å². The Bertz CT molecular complexity index is 724. The van der Waals surface area contributed by atoms with Crippen LogP contribution in [0.15, 0.2) is 30.3 Å². The van der Waals surface area contributed by atoms with Crippen LogP contribution in [-0.2, 0) is 16.0 Å². The highest BCUT2D eigenvalue weighted by Crippen LogP contribution is 2.24. The number of rotatable bonds is 6. The Morgan fingerprint density at radius 1 is 1.29 bits per heavy atom. The van der Waals surface area contributed by atoms with Crippen molar-refractivity contribution in [2.75, 3.05) is 5.32 Å². The number of aryl methyl sites for hydroxylation is 2. The van der Waals surface area contributed by atoms with Crippen LogP contribution >= 0.6 is 22.9 Å². The van der Waals surface area contributed by atoms with E-state index in [1.165, 1.54) is 11.3 Å². The van der Waals surface area contributed by atoms with Crippen LogP contribution in [0.1, 0.15) is 40.4 Å². The molecule has 0 aliphatic heterocycles. The average Bonchev–Trinajstić information content (AvgIpc) is 2.91. The SMILES string of the molecule is CCCc1cc(C(=O)O[C@H](C)C(=O)Nc2ccc(Cl)cc2)sc1C. The largest absolute Gasteiger partial charge is 0.448 e. The Labute approximate surface area is 150 Å². The number of amides is 1. The van der Waals surface area contributed by atoms with Gasteiger partial charge in [0.25, 0.3) is 5.91 Å². The zero-order valence-corrected chi connectivity index (χ0v) is 15.5. The molecule has 0 unspecified atom stereocenters. The molecule has 1 amide bonds. The van der Waals surface area contributed by atoms with Gasteiger partial charge in [-0.2, -0.15) is 0 Å². The minimum Gasteiger partial charge on any atom is -0.448 e. The summed E-state index contributed by atoms with van der Waals surface area (Å²) in [4.78, 5) is 26.0. The van der Waals surface area contributed by atoms with Crippen molar-refractivity contribution in [2.45, 2.75) is 39.7 Å². The molecule has 0 radical (unpaired) electrons. The molecule has 0 saturated carbocycles. The molecule has 1 heterocycles. The van der Waals surface area contributed by atoms with Gasteiger partial charge in [-0.1, -0.05) is 24.9 Å². The highest BCUT2D eigenvalue weighted by atomic mass is 35.5. The summed E-state index contributed by atoms with van der Waals surface area (Å²) in [7, 11) is 0. The summed E-state index contributed by atoms with van der Waals surface area (Å²) in [6.45, 7) is 5.64. The molecule has 2 aromatic rings. The highest BCUT2D eigenvalue weighted by Gasteiger charge is 2.21. The molecule has 1 N–H and O–H groups in total.